The average molecular weight is 332 g/mol. The molecule has 0 saturated carbocycles. The van der Waals surface area contributed by atoms with Gasteiger partial charge in [-0.25, -0.2) is 4.79 Å². The Labute approximate surface area is 134 Å². The summed E-state index contributed by atoms with van der Waals surface area (Å²) in [6.45, 7) is 4.04. The Hall–Kier alpha value is -1.46. The van der Waals surface area contributed by atoms with Crippen LogP contribution in [0.1, 0.15) is 19.4 Å². The van der Waals surface area contributed by atoms with Crippen molar-refractivity contribution in [3.8, 4) is 0 Å². The van der Waals surface area contributed by atoms with Gasteiger partial charge in [-0.15, -0.1) is 0 Å². The minimum absolute atomic E-state index is 0.0683. The fraction of sp³-hybridized carbons (Fsp3) is 0.429. The standard InChI is InChI=1S/C14H19Cl2N3O2/c1-8(2)12(18-14(17)21)13(20)19(3)7-9-4-5-10(15)11(16)6-9/h4-6,8,12H,7H2,1-3H3,(H3,17,18,21). The SMILES string of the molecule is CC(C)C(NC(N)=O)C(=O)N(C)Cc1ccc(Cl)c(Cl)c1. The quantitative estimate of drug-likeness (QED) is 0.870. The van der Waals surface area contributed by atoms with Crippen LogP contribution in [0.2, 0.25) is 10.0 Å². The number of urea groups is 1. The number of halogens is 2. The van der Waals surface area contributed by atoms with Crippen LogP contribution in [0.15, 0.2) is 18.2 Å². The number of carbonyl (C=O) groups excluding carboxylic acids is 2. The minimum atomic E-state index is -0.718. The van der Waals surface area contributed by atoms with E-state index in [-0.39, 0.29) is 11.8 Å². The fourth-order valence-corrected chi connectivity index (χ4v) is 2.21. The van der Waals surface area contributed by atoms with E-state index in [0.717, 1.165) is 5.56 Å². The van der Waals surface area contributed by atoms with Gasteiger partial charge in [0.25, 0.3) is 0 Å². The van der Waals surface area contributed by atoms with Crippen molar-refractivity contribution < 1.29 is 9.59 Å². The van der Waals surface area contributed by atoms with Gasteiger partial charge in [0, 0.05) is 13.6 Å². The number of likely N-dealkylation sites (N-methyl/N-ethyl adjacent to an activating group) is 1. The lowest BCUT2D eigenvalue weighted by Crippen LogP contribution is -2.51. The summed E-state index contributed by atoms with van der Waals surface area (Å²) in [6.07, 6.45) is 0. The smallest absolute Gasteiger partial charge is 0.312 e. The molecule has 3 N–H and O–H groups in total. The molecular weight excluding hydrogens is 313 g/mol. The van der Waals surface area contributed by atoms with Crippen molar-refractivity contribution in [2.75, 3.05) is 7.05 Å². The number of nitrogens with zero attached hydrogens (tertiary/aromatic N) is 1. The third kappa shape index (κ3) is 5.10. The largest absolute Gasteiger partial charge is 0.352 e. The zero-order chi connectivity index (χ0) is 16.2. The van der Waals surface area contributed by atoms with Gasteiger partial charge in [-0.2, -0.15) is 0 Å². The van der Waals surface area contributed by atoms with Gasteiger partial charge < -0.3 is 16.0 Å². The van der Waals surface area contributed by atoms with Gasteiger partial charge in [-0.05, 0) is 23.6 Å². The molecule has 1 unspecified atom stereocenters. The van der Waals surface area contributed by atoms with E-state index >= 15 is 0 Å². The molecule has 0 bridgehead atoms. The van der Waals surface area contributed by atoms with Crippen LogP contribution in [0.3, 0.4) is 0 Å². The third-order valence-electron chi connectivity index (χ3n) is 3.01. The highest BCUT2D eigenvalue weighted by Gasteiger charge is 2.26. The molecule has 0 aliphatic carbocycles. The van der Waals surface area contributed by atoms with E-state index in [4.69, 9.17) is 28.9 Å². The monoisotopic (exact) mass is 331 g/mol. The first kappa shape index (κ1) is 17.6. The molecule has 116 valence electrons. The van der Waals surface area contributed by atoms with E-state index in [9.17, 15) is 9.59 Å². The van der Waals surface area contributed by atoms with Gasteiger partial charge in [0.2, 0.25) is 5.91 Å². The second kappa shape index (κ2) is 7.52. The predicted octanol–water partition coefficient (Wildman–Crippen LogP) is 2.64. The van der Waals surface area contributed by atoms with Crippen molar-refractivity contribution in [2.24, 2.45) is 11.7 Å². The summed E-state index contributed by atoms with van der Waals surface area (Å²) in [5.41, 5.74) is 5.95. The number of amides is 3. The van der Waals surface area contributed by atoms with E-state index in [0.29, 0.717) is 16.6 Å². The van der Waals surface area contributed by atoms with E-state index in [1.54, 1.807) is 25.2 Å². The lowest BCUT2D eigenvalue weighted by Gasteiger charge is -2.26. The Bertz CT molecular complexity index is 535. The number of benzene rings is 1. The summed E-state index contributed by atoms with van der Waals surface area (Å²) in [6, 6.07) is 3.81. The molecule has 0 fully saturated rings. The molecule has 0 saturated heterocycles. The second-order valence-corrected chi connectivity index (χ2v) is 5.99. The summed E-state index contributed by atoms with van der Waals surface area (Å²) in [7, 11) is 1.66. The number of primary amides is 1. The highest BCUT2D eigenvalue weighted by molar-refractivity contribution is 6.42. The third-order valence-corrected chi connectivity index (χ3v) is 3.75. The molecule has 3 amide bonds. The summed E-state index contributed by atoms with van der Waals surface area (Å²) in [4.78, 5) is 24.9. The Morgan fingerprint density at radius 3 is 2.38 bits per heavy atom. The molecule has 1 atom stereocenters. The number of carbonyl (C=O) groups is 2. The molecule has 1 rings (SSSR count). The van der Waals surface area contributed by atoms with E-state index in [2.05, 4.69) is 5.32 Å². The maximum absolute atomic E-state index is 12.4. The van der Waals surface area contributed by atoms with E-state index < -0.39 is 12.1 Å². The molecule has 21 heavy (non-hydrogen) atoms. The van der Waals surface area contributed by atoms with Crippen LogP contribution in [0, 0.1) is 5.92 Å². The van der Waals surface area contributed by atoms with Crippen molar-refractivity contribution in [1.82, 2.24) is 10.2 Å². The Morgan fingerprint density at radius 2 is 1.90 bits per heavy atom. The van der Waals surface area contributed by atoms with Crippen LogP contribution >= 0.6 is 23.2 Å². The number of nitrogens with one attached hydrogen (secondary N) is 1. The number of hydrogen-bond donors (Lipinski definition) is 2. The molecule has 0 aromatic heterocycles. The highest BCUT2D eigenvalue weighted by Crippen LogP contribution is 2.23. The minimum Gasteiger partial charge on any atom is -0.352 e. The molecule has 1 aromatic rings. The summed E-state index contributed by atoms with van der Waals surface area (Å²) < 4.78 is 0. The average Bonchev–Trinajstić information content (AvgIpc) is 2.39. The normalized spacial score (nSPS) is 12.1. The Kier molecular flexibility index (Phi) is 6.30. The van der Waals surface area contributed by atoms with Gasteiger partial charge in [0.05, 0.1) is 10.0 Å². The van der Waals surface area contributed by atoms with Gasteiger partial charge in [0.1, 0.15) is 6.04 Å². The zero-order valence-electron chi connectivity index (χ0n) is 12.2. The van der Waals surface area contributed by atoms with Crippen LogP contribution in [-0.2, 0) is 11.3 Å². The number of rotatable bonds is 5. The Morgan fingerprint density at radius 1 is 1.29 bits per heavy atom. The van der Waals surface area contributed by atoms with E-state index in [1.165, 1.54) is 4.90 Å². The topological polar surface area (TPSA) is 75.4 Å². The first-order valence-corrected chi connectivity index (χ1v) is 7.22. The molecule has 0 spiro atoms. The van der Waals surface area contributed by atoms with Crippen LogP contribution in [0.5, 0.6) is 0 Å². The molecule has 0 aliphatic heterocycles. The van der Waals surface area contributed by atoms with Crippen molar-refractivity contribution in [3.05, 3.63) is 33.8 Å². The molecular formula is C14H19Cl2N3O2. The predicted molar refractivity (Wildman–Crippen MR) is 84.3 cm³/mol. The van der Waals surface area contributed by atoms with Gasteiger partial charge in [-0.3, -0.25) is 4.79 Å². The summed E-state index contributed by atoms with van der Waals surface area (Å²) >= 11 is 11.8. The maximum atomic E-state index is 12.4. The molecule has 1 aromatic carbocycles. The lowest BCUT2D eigenvalue weighted by molar-refractivity contribution is -0.133. The van der Waals surface area contributed by atoms with Crippen molar-refractivity contribution in [2.45, 2.75) is 26.4 Å². The van der Waals surface area contributed by atoms with E-state index in [1.807, 2.05) is 13.8 Å². The molecule has 0 heterocycles. The van der Waals surface area contributed by atoms with Gasteiger partial charge in [0.15, 0.2) is 0 Å². The van der Waals surface area contributed by atoms with Gasteiger partial charge in [-0.1, -0.05) is 43.1 Å². The summed E-state index contributed by atoms with van der Waals surface area (Å²) in [5.74, 6) is -0.281. The van der Waals surface area contributed by atoms with Crippen molar-refractivity contribution in [3.63, 3.8) is 0 Å². The fourth-order valence-electron chi connectivity index (χ4n) is 1.89. The molecule has 5 nitrogen and oxygen atoms in total. The van der Waals surface area contributed by atoms with Crippen LogP contribution in [-0.4, -0.2) is 29.9 Å². The van der Waals surface area contributed by atoms with Crippen LogP contribution in [0.25, 0.3) is 0 Å². The highest BCUT2D eigenvalue weighted by atomic mass is 35.5. The van der Waals surface area contributed by atoms with Crippen molar-refractivity contribution >= 4 is 35.1 Å². The number of hydrogen-bond acceptors (Lipinski definition) is 2. The van der Waals surface area contributed by atoms with Crippen LogP contribution in [0.4, 0.5) is 4.79 Å². The van der Waals surface area contributed by atoms with Gasteiger partial charge >= 0.3 is 6.03 Å². The first-order valence-electron chi connectivity index (χ1n) is 6.47. The Balaban J connectivity index is 2.80. The van der Waals surface area contributed by atoms with Crippen LogP contribution < -0.4 is 11.1 Å². The lowest BCUT2D eigenvalue weighted by atomic mass is 10.0. The molecule has 0 radical (unpaired) electrons. The van der Waals surface area contributed by atoms with Crippen molar-refractivity contribution in [1.29, 1.82) is 0 Å². The summed E-state index contributed by atoms with van der Waals surface area (Å²) in [5, 5.41) is 3.37. The molecule has 7 heteroatoms. The maximum Gasteiger partial charge on any atom is 0.312 e. The zero-order valence-corrected chi connectivity index (χ0v) is 13.7. The first-order chi connectivity index (χ1) is 9.72. The second-order valence-electron chi connectivity index (χ2n) is 5.17. The number of nitrogens with two attached hydrogens (primary N) is 1. The molecule has 0 aliphatic rings.